The van der Waals surface area contributed by atoms with Crippen LogP contribution < -0.4 is 5.32 Å². The average molecular weight is 245 g/mol. The largest absolute Gasteiger partial charge is 0.349 e. The first kappa shape index (κ1) is 12.3. The molecule has 1 unspecified atom stereocenters. The van der Waals surface area contributed by atoms with E-state index in [2.05, 4.69) is 10.3 Å². The van der Waals surface area contributed by atoms with E-state index >= 15 is 0 Å². The van der Waals surface area contributed by atoms with E-state index < -0.39 is 0 Å². The Morgan fingerprint density at radius 2 is 2.47 bits per heavy atom. The number of pyridine rings is 1. The van der Waals surface area contributed by atoms with Crippen LogP contribution in [0.1, 0.15) is 17.3 Å². The lowest BCUT2D eigenvalue weighted by atomic mass is 10.2. The van der Waals surface area contributed by atoms with Crippen LogP contribution in [0.5, 0.6) is 0 Å². The number of thioether (sulfide) groups is 1. The Kier molecular flexibility index (Phi) is 4.91. The first-order valence-electron chi connectivity index (χ1n) is 4.55. The van der Waals surface area contributed by atoms with Crippen molar-refractivity contribution in [3.05, 3.63) is 29.0 Å². The summed E-state index contributed by atoms with van der Waals surface area (Å²) in [5, 5.41) is 3.21. The topological polar surface area (TPSA) is 42.0 Å². The molecule has 0 bridgehead atoms. The third kappa shape index (κ3) is 4.10. The molecule has 1 amide bonds. The predicted molar refractivity (Wildman–Crippen MR) is 64.6 cm³/mol. The lowest BCUT2D eigenvalue weighted by molar-refractivity contribution is 0.0943. The fraction of sp³-hybridized carbons (Fsp3) is 0.400. The summed E-state index contributed by atoms with van der Waals surface area (Å²) in [4.78, 5) is 15.5. The number of nitrogens with one attached hydrogen (secondary N) is 1. The molecule has 15 heavy (non-hydrogen) atoms. The third-order valence-corrected chi connectivity index (χ3v) is 2.82. The SMILES string of the molecule is CSCC(C)NC(=O)c1ccnc(Cl)c1. The second-order valence-electron chi connectivity index (χ2n) is 3.20. The predicted octanol–water partition coefficient (Wildman–Crippen LogP) is 2.22. The Morgan fingerprint density at radius 1 is 1.73 bits per heavy atom. The highest BCUT2D eigenvalue weighted by atomic mass is 35.5. The maximum atomic E-state index is 11.7. The van der Waals surface area contributed by atoms with E-state index in [0.717, 1.165) is 5.75 Å². The van der Waals surface area contributed by atoms with Crippen LogP contribution in [-0.4, -0.2) is 28.9 Å². The molecule has 1 heterocycles. The number of halogens is 1. The van der Waals surface area contributed by atoms with Gasteiger partial charge in [-0.25, -0.2) is 4.98 Å². The van der Waals surface area contributed by atoms with Crippen LogP contribution in [0, 0.1) is 0 Å². The van der Waals surface area contributed by atoms with Crippen LogP contribution in [0.3, 0.4) is 0 Å². The second kappa shape index (κ2) is 5.98. The van der Waals surface area contributed by atoms with E-state index in [1.165, 1.54) is 6.20 Å². The van der Waals surface area contributed by atoms with Crippen molar-refractivity contribution in [2.24, 2.45) is 0 Å². The zero-order valence-electron chi connectivity index (χ0n) is 8.66. The molecule has 5 heteroatoms. The normalized spacial score (nSPS) is 12.2. The number of nitrogens with zero attached hydrogens (tertiary/aromatic N) is 1. The Bertz CT molecular complexity index is 346. The van der Waals surface area contributed by atoms with E-state index in [4.69, 9.17) is 11.6 Å². The van der Waals surface area contributed by atoms with Crippen molar-refractivity contribution in [1.29, 1.82) is 0 Å². The molecule has 1 rings (SSSR count). The molecular weight excluding hydrogens is 232 g/mol. The zero-order valence-corrected chi connectivity index (χ0v) is 10.2. The fourth-order valence-corrected chi connectivity index (χ4v) is 1.90. The number of carbonyl (C=O) groups excluding carboxylic acids is 1. The minimum Gasteiger partial charge on any atom is -0.349 e. The minimum absolute atomic E-state index is 0.110. The number of aromatic nitrogens is 1. The van der Waals surface area contributed by atoms with Crippen molar-refractivity contribution >= 4 is 29.3 Å². The van der Waals surface area contributed by atoms with Gasteiger partial charge in [-0.15, -0.1) is 0 Å². The molecule has 1 atom stereocenters. The number of rotatable bonds is 4. The van der Waals surface area contributed by atoms with Crippen molar-refractivity contribution in [3.8, 4) is 0 Å². The van der Waals surface area contributed by atoms with Crippen LogP contribution in [-0.2, 0) is 0 Å². The average Bonchev–Trinajstić information content (AvgIpc) is 2.18. The Morgan fingerprint density at radius 3 is 3.07 bits per heavy atom. The highest BCUT2D eigenvalue weighted by Crippen LogP contribution is 2.07. The zero-order chi connectivity index (χ0) is 11.3. The van der Waals surface area contributed by atoms with E-state index in [1.54, 1.807) is 23.9 Å². The van der Waals surface area contributed by atoms with Gasteiger partial charge < -0.3 is 5.32 Å². The molecule has 0 radical (unpaired) electrons. The van der Waals surface area contributed by atoms with Gasteiger partial charge in [0, 0.05) is 23.6 Å². The van der Waals surface area contributed by atoms with Crippen molar-refractivity contribution in [3.63, 3.8) is 0 Å². The molecule has 0 aromatic carbocycles. The Hall–Kier alpha value is -0.740. The summed E-state index contributed by atoms with van der Waals surface area (Å²) in [6.07, 6.45) is 3.53. The number of hydrogen-bond acceptors (Lipinski definition) is 3. The van der Waals surface area contributed by atoms with Crippen molar-refractivity contribution in [1.82, 2.24) is 10.3 Å². The van der Waals surface area contributed by atoms with Gasteiger partial charge in [0.1, 0.15) is 5.15 Å². The van der Waals surface area contributed by atoms with Crippen LogP contribution in [0.2, 0.25) is 5.15 Å². The standard InChI is InChI=1S/C10H13ClN2OS/c1-7(6-15-2)13-10(14)8-3-4-12-9(11)5-8/h3-5,7H,6H2,1-2H3,(H,13,14). The van der Waals surface area contributed by atoms with Crippen molar-refractivity contribution in [2.75, 3.05) is 12.0 Å². The van der Waals surface area contributed by atoms with Gasteiger partial charge >= 0.3 is 0 Å². The molecule has 0 spiro atoms. The van der Waals surface area contributed by atoms with Crippen LogP contribution in [0.15, 0.2) is 18.3 Å². The Labute approximate surface area is 98.6 Å². The molecule has 0 aliphatic rings. The maximum absolute atomic E-state index is 11.7. The van der Waals surface area contributed by atoms with Gasteiger partial charge in [0.15, 0.2) is 0 Å². The van der Waals surface area contributed by atoms with Crippen LogP contribution in [0.25, 0.3) is 0 Å². The highest BCUT2D eigenvalue weighted by molar-refractivity contribution is 7.98. The maximum Gasteiger partial charge on any atom is 0.251 e. The molecule has 0 aliphatic carbocycles. The van der Waals surface area contributed by atoms with Gasteiger partial charge in [-0.1, -0.05) is 11.6 Å². The van der Waals surface area contributed by atoms with Gasteiger partial charge in [0.05, 0.1) is 0 Å². The molecule has 0 saturated heterocycles. The van der Waals surface area contributed by atoms with Crippen molar-refractivity contribution in [2.45, 2.75) is 13.0 Å². The quantitative estimate of drug-likeness (QED) is 0.826. The number of carbonyl (C=O) groups is 1. The molecular formula is C10H13ClN2OS. The van der Waals surface area contributed by atoms with E-state index in [1.807, 2.05) is 13.2 Å². The smallest absolute Gasteiger partial charge is 0.251 e. The van der Waals surface area contributed by atoms with Gasteiger partial charge in [-0.05, 0) is 25.3 Å². The summed E-state index contributed by atoms with van der Waals surface area (Å²) < 4.78 is 0. The summed E-state index contributed by atoms with van der Waals surface area (Å²) >= 11 is 7.39. The second-order valence-corrected chi connectivity index (χ2v) is 4.50. The highest BCUT2D eigenvalue weighted by Gasteiger charge is 2.09. The van der Waals surface area contributed by atoms with Gasteiger partial charge in [-0.3, -0.25) is 4.79 Å². The molecule has 3 nitrogen and oxygen atoms in total. The van der Waals surface area contributed by atoms with E-state index in [0.29, 0.717) is 10.7 Å². The molecule has 0 aliphatic heterocycles. The van der Waals surface area contributed by atoms with E-state index in [-0.39, 0.29) is 11.9 Å². The van der Waals surface area contributed by atoms with Gasteiger partial charge in [0.2, 0.25) is 0 Å². The monoisotopic (exact) mass is 244 g/mol. The molecule has 1 aromatic heterocycles. The summed E-state index contributed by atoms with van der Waals surface area (Å²) in [6.45, 7) is 1.97. The minimum atomic E-state index is -0.110. The lowest BCUT2D eigenvalue weighted by Gasteiger charge is -2.12. The molecule has 1 N–H and O–H groups in total. The first-order chi connectivity index (χ1) is 7.13. The number of hydrogen-bond donors (Lipinski definition) is 1. The van der Waals surface area contributed by atoms with Gasteiger partial charge in [-0.2, -0.15) is 11.8 Å². The third-order valence-electron chi connectivity index (χ3n) is 1.78. The van der Waals surface area contributed by atoms with Crippen molar-refractivity contribution < 1.29 is 4.79 Å². The summed E-state index contributed by atoms with van der Waals surface area (Å²) in [7, 11) is 0. The van der Waals surface area contributed by atoms with Gasteiger partial charge in [0.25, 0.3) is 5.91 Å². The molecule has 1 aromatic rings. The summed E-state index contributed by atoms with van der Waals surface area (Å²) in [6, 6.07) is 3.36. The first-order valence-corrected chi connectivity index (χ1v) is 6.32. The Balaban J connectivity index is 2.61. The fourth-order valence-electron chi connectivity index (χ4n) is 1.14. The lowest BCUT2D eigenvalue weighted by Crippen LogP contribution is -2.34. The molecule has 0 saturated carbocycles. The summed E-state index contributed by atoms with van der Waals surface area (Å²) in [5.74, 6) is 0.783. The number of amides is 1. The van der Waals surface area contributed by atoms with Crippen LogP contribution >= 0.6 is 23.4 Å². The summed E-state index contributed by atoms with van der Waals surface area (Å²) in [5.41, 5.74) is 0.544. The van der Waals surface area contributed by atoms with Crippen LogP contribution in [0.4, 0.5) is 0 Å². The molecule has 0 fully saturated rings. The van der Waals surface area contributed by atoms with E-state index in [9.17, 15) is 4.79 Å². The molecule has 82 valence electrons.